The van der Waals surface area contributed by atoms with Crippen LogP contribution in [-0.2, 0) is 19.4 Å². The highest BCUT2D eigenvalue weighted by molar-refractivity contribution is 5.84. The fourth-order valence-electron chi connectivity index (χ4n) is 5.15. The number of aldehydes is 1. The van der Waals surface area contributed by atoms with Crippen molar-refractivity contribution in [2.75, 3.05) is 0 Å². The third-order valence-electron chi connectivity index (χ3n) is 7.19. The molecule has 0 fully saturated rings. The summed E-state index contributed by atoms with van der Waals surface area (Å²) in [6, 6.07) is 28.1. The number of nitrogens with zero attached hydrogens (tertiary/aromatic N) is 1. The van der Waals surface area contributed by atoms with Gasteiger partial charge in [0.15, 0.2) is 6.29 Å². The fraction of sp³-hybridized carbons (Fsp3) is 0.212. The van der Waals surface area contributed by atoms with E-state index in [2.05, 4.69) is 55.5 Å². The quantitative estimate of drug-likeness (QED) is 0.241. The largest absolute Gasteiger partial charge is 0.488 e. The number of carbonyl (C=O) groups excluding carboxylic acids is 1. The number of benzene rings is 4. The summed E-state index contributed by atoms with van der Waals surface area (Å²) in [6.07, 6.45) is 3.27. The maximum Gasteiger partial charge on any atom is 0.154 e. The molecule has 184 valence electrons. The van der Waals surface area contributed by atoms with Crippen molar-refractivity contribution in [1.29, 1.82) is 5.26 Å². The van der Waals surface area contributed by atoms with Gasteiger partial charge in [-0.05, 0) is 84.2 Å². The summed E-state index contributed by atoms with van der Waals surface area (Å²) in [4.78, 5) is 12.1. The van der Waals surface area contributed by atoms with Crippen LogP contribution >= 0.6 is 0 Å². The normalized spacial score (nSPS) is 12.9. The standard InChI is InChI=1S/C33H29NO3/c1-22-27(13-7-14-28(22)25-10-4-3-5-11-25)21-36-32-18-33(31(20-35)29-15-8-16-30(29)32)37-23(2)26-12-6-9-24(17-26)19-34/h3-7,9-14,17-18,20,23H,8,15-16,21H2,1-2H3. The summed E-state index contributed by atoms with van der Waals surface area (Å²) >= 11 is 0. The fourth-order valence-corrected chi connectivity index (χ4v) is 5.15. The molecule has 0 saturated heterocycles. The molecule has 0 radical (unpaired) electrons. The van der Waals surface area contributed by atoms with Crippen LogP contribution in [0, 0.1) is 18.3 Å². The van der Waals surface area contributed by atoms with Gasteiger partial charge in [-0.15, -0.1) is 0 Å². The zero-order valence-electron chi connectivity index (χ0n) is 21.2. The number of fused-ring (bicyclic) bond motifs is 1. The first-order chi connectivity index (χ1) is 18.1. The SMILES string of the molecule is Cc1c(COc2cc(OC(C)c3cccc(C#N)c3)c(C=O)c3c2CCC3)cccc1-c1ccccc1. The summed E-state index contributed by atoms with van der Waals surface area (Å²) in [5, 5.41) is 9.26. The summed E-state index contributed by atoms with van der Waals surface area (Å²) in [6.45, 7) is 4.49. The Morgan fingerprint density at radius 3 is 2.51 bits per heavy atom. The number of hydrogen-bond acceptors (Lipinski definition) is 4. The van der Waals surface area contributed by atoms with E-state index in [1.165, 1.54) is 16.7 Å². The Morgan fingerprint density at radius 2 is 1.73 bits per heavy atom. The average Bonchev–Trinajstić information content (AvgIpc) is 3.43. The smallest absolute Gasteiger partial charge is 0.154 e. The molecule has 4 heteroatoms. The number of nitriles is 1. The lowest BCUT2D eigenvalue weighted by Gasteiger charge is -2.21. The van der Waals surface area contributed by atoms with Gasteiger partial charge in [-0.2, -0.15) is 5.26 Å². The first kappa shape index (κ1) is 24.3. The van der Waals surface area contributed by atoms with E-state index in [0.29, 0.717) is 23.5 Å². The Bertz CT molecular complexity index is 1480. The molecular weight excluding hydrogens is 458 g/mol. The molecule has 0 amide bonds. The van der Waals surface area contributed by atoms with Gasteiger partial charge in [0.1, 0.15) is 24.2 Å². The second kappa shape index (κ2) is 10.7. The van der Waals surface area contributed by atoms with Crippen molar-refractivity contribution in [3.05, 3.63) is 118 Å². The van der Waals surface area contributed by atoms with E-state index in [1.54, 1.807) is 6.07 Å². The molecule has 0 bridgehead atoms. The van der Waals surface area contributed by atoms with E-state index in [4.69, 9.17) is 9.47 Å². The minimum atomic E-state index is -0.330. The van der Waals surface area contributed by atoms with Gasteiger partial charge >= 0.3 is 0 Å². The van der Waals surface area contributed by atoms with Crippen LogP contribution in [0.2, 0.25) is 0 Å². The molecule has 1 aliphatic carbocycles. The molecule has 1 atom stereocenters. The molecule has 1 unspecified atom stereocenters. The minimum Gasteiger partial charge on any atom is -0.488 e. The highest BCUT2D eigenvalue weighted by Gasteiger charge is 2.25. The van der Waals surface area contributed by atoms with Gasteiger partial charge < -0.3 is 9.47 Å². The molecular formula is C33H29NO3. The summed E-state index contributed by atoms with van der Waals surface area (Å²) in [5.41, 5.74) is 8.88. The van der Waals surface area contributed by atoms with Crippen LogP contribution in [0.15, 0.2) is 78.9 Å². The Balaban J connectivity index is 1.44. The Morgan fingerprint density at radius 1 is 0.946 bits per heavy atom. The lowest BCUT2D eigenvalue weighted by atomic mass is 9.97. The van der Waals surface area contributed by atoms with Gasteiger partial charge in [-0.25, -0.2) is 0 Å². The van der Waals surface area contributed by atoms with Crippen LogP contribution in [0.3, 0.4) is 0 Å². The Hall–Kier alpha value is -4.36. The molecule has 4 aromatic rings. The van der Waals surface area contributed by atoms with Gasteiger partial charge in [-0.1, -0.05) is 60.7 Å². The lowest BCUT2D eigenvalue weighted by Crippen LogP contribution is -2.08. The molecule has 0 heterocycles. The molecule has 0 aliphatic heterocycles. The van der Waals surface area contributed by atoms with Crippen LogP contribution in [-0.4, -0.2) is 6.29 Å². The Kier molecular flexibility index (Phi) is 7.05. The third kappa shape index (κ3) is 4.99. The zero-order chi connectivity index (χ0) is 25.8. The third-order valence-corrected chi connectivity index (χ3v) is 7.19. The molecule has 0 saturated carbocycles. The van der Waals surface area contributed by atoms with E-state index in [9.17, 15) is 10.1 Å². The minimum absolute atomic E-state index is 0.330. The first-order valence-electron chi connectivity index (χ1n) is 12.7. The van der Waals surface area contributed by atoms with Crippen LogP contribution in [0.4, 0.5) is 0 Å². The average molecular weight is 488 g/mol. The van der Waals surface area contributed by atoms with Gasteiger partial charge in [-0.3, -0.25) is 4.79 Å². The molecule has 4 aromatic carbocycles. The van der Waals surface area contributed by atoms with Crippen molar-refractivity contribution in [3.63, 3.8) is 0 Å². The van der Waals surface area contributed by atoms with Crippen LogP contribution < -0.4 is 9.47 Å². The Labute approximate surface area is 218 Å². The van der Waals surface area contributed by atoms with Crippen LogP contribution in [0.25, 0.3) is 11.1 Å². The summed E-state index contributed by atoms with van der Waals surface area (Å²) in [5.74, 6) is 1.30. The maximum atomic E-state index is 12.1. The predicted octanol–water partition coefficient (Wildman–Crippen LogP) is 7.55. The van der Waals surface area contributed by atoms with Crippen molar-refractivity contribution in [2.45, 2.75) is 45.8 Å². The summed E-state index contributed by atoms with van der Waals surface area (Å²) < 4.78 is 12.8. The molecule has 0 aromatic heterocycles. The zero-order valence-corrected chi connectivity index (χ0v) is 21.2. The van der Waals surface area contributed by atoms with E-state index < -0.39 is 0 Å². The van der Waals surface area contributed by atoms with E-state index in [1.807, 2.05) is 37.3 Å². The van der Waals surface area contributed by atoms with Crippen molar-refractivity contribution in [1.82, 2.24) is 0 Å². The van der Waals surface area contributed by atoms with Gasteiger partial charge in [0, 0.05) is 6.07 Å². The lowest BCUT2D eigenvalue weighted by molar-refractivity contribution is 0.111. The van der Waals surface area contributed by atoms with Gasteiger partial charge in [0.2, 0.25) is 0 Å². The number of carbonyl (C=O) groups is 1. The van der Waals surface area contributed by atoms with E-state index >= 15 is 0 Å². The van der Waals surface area contributed by atoms with Crippen molar-refractivity contribution in [3.8, 4) is 28.7 Å². The first-order valence-corrected chi connectivity index (χ1v) is 12.7. The molecule has 0 N–H and O–H groups in total. The second-order valence-electron chi connectivity index (χ2n) is 9.46. The van der Waals surface area contributed by atoms with E-state index in [0.717, 1.165) is 53.6 Å². The number of rotatable bonds is 8. The molecule has 0 spiro atoms. The maximum absolute atomic E-state index is 12.1. The monoisotopic (exact) mass is 487 g/mol. The van der Waals surface area contributed by atoms with Crippen LogP contribution in [0.5, 0.6) is 11.5 Å². The topological polar surface area (TPSA) is 59.3 Å². The molecule has 5 rings (SSSR count). The van der Waals surface area contributed by atoms with E-state index in [-0.39, 0.29) is 6.10 Å². The van der Waals surface area contributed by atoms with Gasteiger partial charge in [0.25, 0.3) is 0 Å². The molecule has 4 nitrogen and oxygen atoms in total. The van der Waals surface area contributed by atoms with Crippen molar-refractivity contribution < 1.29 is 14.3 Å². The molecule has 37 heavy (non-hydrogen) atoms. The van der Waals surface area contributed by atoms with Crippen LogP contribution in [0.1, 0.15) is 63.2 Å². The highest BCUT2D eigenvalue weighted by atomic mass is 16.5. The molecule has 1 aliphatic rings. The van der Waals surface area contributed by atoms with Crippen molar-refractivity contribution in [2.24, 2.45) is 0 Å². The number of ether oxygens (including phenoxy) is 2. The van der Waals surface area contributed by atoms with Gasteiger partial charge in [0.05, 0.1) is 17.2 Å². The summed E-state index contributed by atoms with van der Waals surface area (Å²) in [7, 11) is 0. The number of hydrogen-bond donors (Lipinski definition) is 0. The second-order valence-corrected chi connectivity index (χ2v) is 9.46. The predicted molar refractivity (Wildman–Crippen MR) is 145 cm³/mol. The van der Waals surface area contributed by atoms with Crippen molar-refractivity contribution >= 4 is 6.29 Å². The highest BCUT2D eigenvalue weighted by Crippen LogP contribution is 2.40.